The number of alkyl halides is 3. The first-order valence-corrected chi connectivity index (χ1v) is 7.09. The summed E-state index contributed by atoms with van der Waals surface area (Å²) in [4.78, 5) is 3.78. The molecule has 124 valence electrons. The zero-order valence-corrected chi connectivity index (χ0v) is 13.0. The monoisotopic (exact) mass is 375 g/mol. The fourth-order valence-electron chi connectivity index (χ4n) is 1.89. The van der Waals surface area contributed by atoms with Crippen molar-refractivity contribution >= 4 is 23.2 Å². The molecule has 0 radical (unpaired) electrons. The molecule has 5 nitrogen and oxygen atoms in total. The summed E-state index contributed by atoms with van der Waals surface area (Å²) in [5.41, 5.74) is 0.382. The van der Waals surface area contributed by atoms with Gasteiger partial charge in [0, 0.05) is 5.56 Å². The van der Waals surface area contributed by atoms with Crippen LogP contribution in [0.3, 0.4) is 0 Å². The molecule has 0 amide bonds. The van der Waals surface area contributed by atoms with Gasteiger partial charge in [-0.05, 0) is 24.3 Å². The van der Waals surface area contributed by atoms with E-state index in [1.54, 1.807) is 0 Å². The molecule has 10 heteroatoms. The number of aromatic nitrogens is 3. The molecule has 0 aliphatic carbocycles. The maximum Gasteiger partial charge on any atom is 0.573 e. The highest BCUT2D eigenvalue weighted by Crippen LogP contribution is 2.34. The van der Waals surface area contributed by atoms with Crippen LogP contribution in [0.25, 0.3) is 22.9 Å². The van der Waals surface area contributed by atoms with Crippen molar-refractivity contribution in [3.63, 3.8) is 0 Å². The summed E-state index contributed by atoms with van der Waals surface area (Å²) in [6, 6.07) is 8.29. The Hall–Kier alpha value is -2.32. The van der Waals surface area contributed by atoms with Crippen molar-refractivity contribution in [1.29, 1.82) is 0 Å². The number of rotatable bonds is 3. The van der Waals surface area contributed by atoms with Crippen LogP contribution in [0.1, 0.15) is 0 Å². The van der Waals surface area contributed by atoms with E-state index >= 15 is 0 Å². The van der Waals surface area contributed by atoms with Crippen LogP contribution in [0, 0.1) is 0 Å². The number of hydrogen-bond acceptors (Lipinski definition) is 5. The Morgan fingerprint density at radius 2 is 1.58 bits per heavy atom. The topological polar surface area (TPSA) is 61.0 Å². The number of para-hydroxylation sites is 1. The molecule has 0 unspecified atom stereocenters. The van der Waals surface area contributed by atoms with Gasteiger partial charge in [0.1, 0.15) is 16.1 Å². The lowest BCUT2D eigenvalue weighted by atomic mass is 10.2. The number of benzene rings is 1. The van der Waals surface area contributed by atoms with Crippen molar-refractivity contribution in [3.05, 3.63) is 46.7 Å². The molecule has 0 atom stereocenters. The van der Waals surface area contributed by atoms with Crippen LogP contribution < -0.4 is 4.74 Å². The molecule has 0 bridgehead atoms. The molecule has 0 aliphatic rings. The third kappa shape index (κ3) is 3.77. The van der Waals surface area contributed by atoms with Crippen molar-refractivity contribution in [2.24, 2.45) is 0 Å². The summed E-state index contributed by atoms with van der Waals surface area (Å²) in [5.74, 6) is -0.571. The fraction of sp³-hybridized carbons (Fsp3) is 0.0714. The number of ether oxygens (including phenoxy) is 1. The van der Waals surface area contributed by atoms with Crippen LogP contribution in [-0.2, 0) is 0 Å². The lowest BCUT2D eigenvalue weighted by molar-refractivity contribution is -0.274. The highest BCUT2D eigenvalue weighted by molar-refractivity contribution is 6.32. The van der Waals surface area contributed by atoms with Gasteiger partial charge in [-0.2, -0.15) is 0 Å². The molecule has 0 aliphatic heterocycles. The largest absolute Gasteiger partial charge is 0.573 e. The van der Waals surface area contributed by atoms with E-state index < -0.39 is 12.1 Å². The summed E-state index contributed by atoms with van der Waals surface area (Å²) >= 11 is 11.6. The maximum absolute atomic E-state index is 12.5. The van der Waals surface area contributed by atoms with Crippen LogP contribution >= 0.6 is 23.2 Å². The molecule has 3 rings (SSSR count). The van der Waals surface area contributed by atoms with E-state index in [2.05, 4.69) is 19.9 Å². The van der Waals surface area contributed by atoms with Crippen molar-refractivity contribution in [3.8, 4) is 28.7 Å². The third-order valence-corrected chi connectivity index (χ3v) is 3.17. The van der Waals surface area contributed by atoms with Crippen molar-refractivity contribution in [1.82, 2.24) is 15.2 Å². The van der Waals surface area contributed by atoms with Gasteiger partial charge in [-0.25, -0.2) is 4.98 Å². The number of hydrogen-bond donors (Lipinski definition) is 0. The number of nitrogens with zero attached hydrogens (tertiary/aromatic N) is 3. The van der Waals surface area contributed by atoms with Gasteiger partial charge < -0.3 is 9.15 Å². The molecule has 1 aromatic carbocycles. The zero-order valence-electron chi connectivity index (χ0n) is 11.5. The smallest absolute Gasteiger partial charge is 0.416 e. The van der Waals surface area contributed by atoms with E-state index in [4.69, 9.17) is 27.6 Å². The first kappa shape index (κ1) is 16.5. The SMILES string of the molecule is FC(F)(F)Oc1ccccc1-c1nnc(-c2cc(Cl)nc(Cl)c2)o1. The van der Waals surface area contributed by atoms with E-state index in [0.717, 1.165) is 6.07 Å². The molecule has 2 heterocycles. The Bertz CT molecular complexity index is 863. The average molecular weight is 376 g/mol. The molecule has 2 aromatic heterocycles. The summed E-state index contributed by atoms with van der Waals surface area (Å²) in [6.45, 7) is 0. The van der Waals surface area contributed by atoms with Gasteiger partial charge in [0.25, 0.3) is 5.89 Å². The lowest BCUT2D eigenvalue weighted by Gasteiger charge is -2.10. The first-order chi connectivity index (χ1) is 11.3. The molecule has 3 aromatic rings. The summed E-state index contributed by atoms with van der Waals surface area (Å²) in [7, 11) is 0. The van der Waals surface area contributed by atoms with E-state index in [1.807, 2.05) is 0 Å². The van der Waals surface area contributed by atoms with Crippen molar-refractivity contribution < 1.29 is 22.3 Å². The van der Waals surface area contributed by atoms with Crippen molar-refractivity contribution in [2.45, 2.75) is 6.36 Å². The van der Waals surface area contributed by atoms with Crippen LogP contribution in [0.4, 0.5) is 13.2 Å². The maximum atomic E-state index is 12.5. The molecule has 24 heavy (non-hydrogen) atoms. The average Bonchev–Trinajstić information content (AvgIpc) is 2.95. The summed E-state index contributed by atoms with van der Waals surface area (Å²) < 4.78 is 46.8. The minimum atomic E-state index is -4.84. The van der Waals surface area contributed by atoms with E-state index in [9.17, 15) is 13.2 Å². The van der Waals surface area contributed by atoms with Gasteiger partial charge in [0.2, 0.25) is 5.89 Å². The molecule has 0 spiro atoms. The fourth-order valence-corrected chi connectivity index (χ4v) is 2.35. The Kier molecular flexibility index (Phi) is 4.33. The van der Waals surface area contributed by atoms with Crippen LogP contribution in [-0.4, -0.2) is 21.5 Å². The molecular formula is C14H6Cl2F3N3O2. The highest BCUT2D eigenvalue weighted by Gasteiger charge is 2.32. The van der Waals surface area contributed by atoms with Gasteiger partial charge in [-0.15, -0.1) is 23.4 Å². The minimum absolute atomic E-state index is 0.000162. The predicted molar refractivity (Wildman–Crippen MR) is 79.7 cm³/mol. The Morgan fingerprint density at radius 3 is 2.25 bits per heavy atom. The van der Waals surface area contributed by atoms with Gasteiger partial charge in [0.15, 0.2) is 0 Å². The van der Waals surface area contributed by atoms with Crippen LogP contribution in [0.15, 0.2) is 40.8 Å². The first-order valence-electron chi connectivity index (χ1n) is 6.34. The van der Waals surface area contributed by atoms with E-state index in [1.165, 1.54) is 30.3 Å². The number of halogens is 5. The highest BCUT2D eigenvalue weighted by atomic mass is 35.5. The molecule has 0 saturated heterocycles. The zero-order chi connectivity index (χ0) is 17.3. The second kappa shape index (κ2) is 6.29. The molecule has 0 N–H and O–H groups in total. The minimum Gasteiger partial charge on any atom is -0.416 e. The van der Waals surface area contributed by atoms with Crippen LogP contribution in [0.5, 0.6) is 5.75 Å². The Labute approximate surface area is 143 Å². The standard InChI is InChI=1S/C14H6Cl2F3N3O2/c15-10-5-7(6-11(16)20-10)12-21-22-13(23-12)8-3-1-2-4-9(8)24-14(17,18)19/h1-6H. The quantitative estimate of drug-likeness (QED) is 0.602. The van der Waals surface area contributed by atoms with E-state index in [-0.39, 0.29) is 27.7 Å². The van der Waals surface area contributed by atoms with Crippen LogP contribution in [0.2, 0.25) is 10.3 Å². The number of pyridine rings is 1. The normalized spacial score (nSPS) is 11.5. The molecular weight excluding hydrogens is 370 g/mol. The Balaban J connectivity index is 2.00. The van der Waals surface area contributed by atoms with Gasteiger partial charge in [0.05, 0.1) is 5.56 Å². The van der Waals surface area contributed by atoms with Gasteiger partial charge in [-0.3, -0.25) is 0 Å². The predicted octanol–water partition coefficient (Wildman–Crippen LogP) is 5.00. The Morgan fingerprint density at radius 1 is 0.958 bits per heavy atom. The van der Waals surface area contributed by atoms with Gasteiger partial charge >= 0.3 is 6.36 Å². The molecule has 0 fully saturated rings. The summed E-state index contributed by atoms with van der Waals surface area (Å²) in [6.07, 6.45) is -4.84. The summed E-state index contributed by atoms with van der Waals surface area (Å²) in [5, 5.41) is 7.74. The second-order valence-corrected chi connectivity index (χ2v) is 5.23. The van der Waals surface area contributed by atoms with Gasteiger partial charge in [-0.1, -0.05) is 35.3 Å². The van der Waals surface area contributed by atoms with E-state index in [0.29, 0.717) is 5.56 Å². The third-order valence-electron chi connectivity index (χ3n) is 2.78. The second-order valence-electron chi connectivity index (χ2n) is 4.46. The van der Waals surface area contributed by atoms with Crippen molar-refractivity contribution in [2.75, 3.05) is 0 Å². The lowest BCUT2D eigenvalue weighted by Crippen LogP contribution is -2.17. The molecule has 0 saturated carbocycles.